The van der Waals surface area contributed by atoms with Crippen LogP contribution in [0.1, 0.15) is 213 Å². The van der Waals surface area contributed by atoms with Gasteiger partial charge in [-0.05, 0) is 32.1 Å². The molecule has 0 fully saturated rings. The van der Waals surface area contributed by atoms with Crippen LogP contribution in [0, 0.1) is 0 Å². The van der Waals surface area contributed by atoms with E-state index in [0.717, 1.165) is 57.8 Å². The molecule has 3 N–H and O–H groups in total. The number of unbranched alkanes of at least 4 members (excludes halogenated alkanes) is 24. The maximum atomic E-state index is 12.4. The van der Waals surface area contributed by atoms with E-state index >= 15 is 0 Å². The van der Waals surface area contributed by atoms with E-state index in [1.54, 1.807) is 6.08 Å². The highest BCUT2D eigenvalue weighted by Gasteiger charge is 2.23. The molecule has 0 aliphatic heterocycles. The first kappa shape index (κ1) is 53.2. The van der Waals surface area contributed by atoms with E-state index in [1.807, 2.05) is 18.2 Å². The second-order valence-electron chi connectivity index (χ2n) is 15.2. The first-order valence-electron chi connectivity index (χ1n) is 22.4. The minimum Gasteiger partial charge on any atom is -0.462 e. The van der Waals surface area contributed by atoms with Gasteiger partial charge >= 0.3 is 19.8 Å². The molecule has 9 nitrogen and oxygen atoms in total. The third-order valence-electron chi connectivity index (χ3n) is 9.78. The summed E-state index contributed by atoms with van der Waals surface area (Å²) < 4.78 is 26.4. The third-order valence-corrected chi connectivity index (χ3v) is 10.3. The molecular formula is C45H83O9P. The molecule has 0 rings (SSSR count). The molecule has 0 radical (unpaired) electrons. The van der Waals surface area contributed by atoms with Gasteiger partial charge in [-0.2, -0.15) is 0 Å². The van der Waals surface area contributed by atoms with Crippen LogP contribution in [0.4, 0.5) is 0 Å². The number of aliphatic hydroxyl groups is 1. The van der Waals surface area contributed by atoms with Gasteiger partial charge in [-0.3, -0.25) is 14.1 Å². The Balaban J connectivity index is 3.91. The van der Waals surface area contributed by atoms with Crippen molar-refractivity contribution in [2.24, 2.45) is 0 Å². The highest BCUT2D eigenvalue weighted by atomic mass is 31.2. The molecule has 0 saturated carbocycles. The second kappa shape index (κ2) is 40.4. The van der Waals surface area contributed by atoms with E-state index in [2.05, 4.69) is 30.5 Å². The van der Waals surface area contributed by atoms with Crippen molar-refractivity contribution >= 4 is 19.8 Å². The van der Waals surface area contributed by atoms with Crippen LogP contribution in [0.15, 0.2) is 36.5 Å². The molecule has 0 spiro atoms. The monoisotopic (exact) mass is 799 g/mol. The molecule has 55 heavy (non-hydrogen) atoms. The van der Waals surface area contributed by atoms with Crippen molar-refractivity contribution < 1.29 is 43.0 Å². The predicted octanol–water partition coefficient (Wildman–Crippen LogP) is 12.7. The molecule has 0 aromatic carbocycles. The normalized spacial score (nSPS) is 13.3. The van der Waals surface area contributed by atoms with Crippen LogP contribution < -0.4 is 0 Å². The number of aliphatic hydroxyl groups excluding tert-OH is 1. The molecule has 1 unspecified atom stereocenters. The van der Waals surface area contributed by atoms with Gasteiger partial charge in [0.05, 0.1) is 12.7 Å². The lowest BCUT2D eigenvalue weighted by molar-refractivity contribution is -0.161. The number of carbonyl (C=O) groups is 2. The van der Waals surface area contributed by atoms with Gasteiger partial charge in [-0.1, -0.05) is 204 Å². The molecule has 0 aromatic rings. The number of phosphoric ester groups is 1. The summed E-state index contributed by atoms with van der Waals surface area (Å²) in [4.78, 5) is 42.9. The number of hydrogen-bond donors (Lipinski definition) is 3. The first-order chi connectivity index (χ1) is 26.7. The Kier molecular flexibility index (Phi) is 39.1. The Morgan fingerprint density at radius 2 is 1.02 bits per heavy atom. The zero-order valence-corrected chi connectivity index (χ0v) is 36.1. The third kappa shape index (κ3) is 43.2. The fourth-order valence-corrected chi connectivity index (χ4v) is 6.80. The zero-order valence-electron chi connectivity index (χ0n) is 35.2. The number of esters is 2. The maximum Gasteiger partial charge on any atom is 0.469 e. The molecule has 2 atom stereocenters. The van der Waals surface area contributed by atoms with Crippen LogP contribution in [0.5, 0.6) is 0 Å². The Morgan fingerprint density at radius 3 is 1.49 bits per heavy atom. The lowest BCUT2D eigenvalue weighted by atomic mass is 10.0. The van der Waals surface area contributed by atoms with Crippen LogP contribution in [0.3, 0.4) is 0 Å². The van der Waals surface area contributed by atoms with Crippen molar-refractivity contribution in [3.8, 4) is 0 Å². The summed E-state index contributed by atoms with van der Waals surface area (Å²) in [5, 5.41) is 10.1. The Labute approximate surface area is 336 Å². The number of allylic oxidation sites excluding steroid dienone is 5. The van der Waals surface area contributed by atoms with Gasteiger partial charge in [0.15, 0.2) is 6.10 Å². The minimum atomic E-state index is -4.78. The fraction of sp³-hybridized carbons (Fsp3) is 0.822. The topological polar surface area (TPSA) is 140 Å². The average molecular weight is 799 g/mol. The lowest BCUT2D eigenvalue weighted by Crippen LogP contribution is -2.29. The Hall–Kier alpha value is -1.77. The SMILES string of the molecule is CC/C=C/C/C=C/C=C/C(O)CCCCCCCC(=O)OC[C@H](COP(=O)(O)O)OC(=O)CCCCCCCCCCCCCCCCCCCCCCC. The van der Waals surface area contributed by atoms with Gasteiger partial charge in [0, 0.05) is 12.8 Å². The summed E-state index contributed by atoms with van der Waals surface area (Å²) in [5.41, 5.74) is 0. The van der Waals surface area contributed by atoms with Crippen molar-refractivity contribution in [3.63, 3.8) is 0 Å². The first-order valence-corrected chi connectivity index (χ1v) is 23.9. The van der Waals surface area contributed by atoms with E-state index in [0.29, 0.717) is 19.3 Å². The predicted molar refractivity (Wildman–Crippen MR) is 227 cm³/mol. The molecule has 0 bridgehead atoms. The molecule has 0 heterocycles. The van der Waals surface area contributed by atoms with Gasteiger partial charge in [0.25, 0.3) is 0 Å². The van der Waals surface area contributed by atoms with Gasteiger partial charge < -0.3 is 24.4 Å². The average Bonchev–Trinajstić information content (AvgIpc) is 3.15. The van der Waals surface area contributed by atoms with E-state index in [9.17, 15) is 19.3 Å². The Bertz CT molecular complexity index is 1010. The van der Waals surface area contributed by atoms with Gasteiger partial charge in [-0.15, -0.1) is 0 Å². The quantitative estimate of drug-likeness (QED) is 0.0181. The smallest absolute Gasteiger partial charge is 0.462 e. The number of phosphoric acid groups is 1. The fourth-order valence-electron chi connectivity index (χ4n) is 6.44. The van der Waals surface area contributed by atoms with E-state index in [1.165, 1.54) is 109 Å². The highest BCUT2D eigenvalue weighted by Crippen LogP contribution is 2.36. The van der Waals surface area contributed by atoms with Crippen LogP contribution in [0.2, 0.25) is 0 Å². The van der Waals surface area contributed by atoms with E-state index in [4.69, 9.17) is 19.3 Å². The van der Waals surface area contributed by atoms with Crippen LogP contribution >= 0.6 is 7.82 Å². The lowest BCUT2D eigenvalue weighted by Gasteiger charge is -2.18. The Morgan fingerprint density at radius 1 is 0.564 bits per heavy atom. The van der Waals surface area contributed by atoms with Gasteiger partial charge in [-0.25, -0.2) is 4.57 Å². The van der Waals surface area contributed by atoms with Crippen LogP contribution in [-0.4, -0.2) is 52.3 Å². The number of hydrogen-bond acceptors (Lipinski definition) is 7. The van der Waals surface area contributed by atoms with Gasteiger partial charge in [0.2, 0.25) is 0 Å². The maximum absolute atomic E-state index is 12.4. The standard InChI is InChI=1S/C45H83O9P/c1-3-5-7-9-11-12-13-14-15-16-17-18-19-20-21-22-23-24-26-30-35-39-45(48)54-43(41-53-55(49,50)51)40-52-44(47)38-34-31-27-29-33-37-42(46)36-32-28-25-10-8-6-4-2/h6,8,25,28,32,36,42-43,46H,3-5,7,9-24,26-27,29-31,33-35,37-41H2,1-2H3,(H2,49,50,51)/b8-6+,28-25+,36-32+/t42?,43-/m1/s1. The molecule has 0 aliphatic rings. The summed E-state index contributed by atoms with van der Waals surface area (Å²) in [6, 6.07) is 0. The largest absolute Gasteiger partial charge is 0.469 e. The molecule has 0 amide bonds. The van der Waals surface area contributed by atoms with Crippen molar-refractivity contribution in [2.45, 2.75) is 225 Å². The summed E-state index contributed by atoms with van der Waals surface area (Å²) >= 11 is 0. The van der Waals surface area contributed by atoms with Crippen molar-refractivity contribution in [2.75, 3.05) is 13.2 Å². The van der Waals surface area contributed by atoms with Crippen LogP contribution in [-0.2, 0) is 28.2 Å². The summed E-state index contributed by atoms with van der Waals surface area (Å²) in [5.74, 6) is -0.953. The molecule has 10 heteroatoms. The highest BCUT2D eigenvalue weighted by molar-refractivity contribution is 7.46. The summed E-state index contributed by atoms with van der Waals surface area (Å²) in [7, 11) is -4.78. The van der Waals surface area contributed by atoms with Crippen molar-refractivity contribution in [1.82, 2.24) is 0 Å². The summed E-state index contributed by atoms with van der Waals surface area (Å²) in [6.45, 7) is 3.50. The van der Waals surface area contributed by atoms with E-state index in [-0.39, 0.29) is 19.4 Å². The van der Waals surface area contributed by atoms with E-state index < -0.39 is 38.6 Å². The van der Waals surface area contributed by atoms with Crippen molar-refractivity contribution in [3.05, 3.63) is 36.5 Å². The molecular weight excluding hydrogens is 715 g/mol. The molecule has 0 aliphatic carbocycles. The second-order valence-corrected chi connectivity index (χ2v) is 16.4. The van der Waals surface area contributed by atoms with Crippen molar-refractivity contribution in [1.29, 1.82) is 0 Å². The number of rotatable bonds is 41. The molecule has 0 saturated heterocycles. The molecule has 0 aromatic heterocycles. The zero-order chi connectivity index (χ0) is 40.5. The molecule has 322 valence electrons. The number of carbonyl (C=O) groups excluding carboxylic acids is 2. The van der Waals surface area contributed by atoms with Crippen LogP contribution in [0.25, 0.3) is 0 Å². The van der Waals surface area contributed by atoms with Gasteiger partial charge in [0.1, 0.15) is 6.61 Å². The summed E-state index contributed by atoms with van der Waals surface area (Å²) in [6.07, 6.45) is 44.7. The minimum absolute atomic E-state index is 0.195. The number of ether oxygens (including phenoxy) is 2.